The highest BCUT2D eigenvalue weighted by atomic mass is 19.4. The molecule has 0 radical (unpaired) electrons. The van der Waals surface area contributed by atoms with Crippen molar-refractivity contribution in [3.63, 3.8) is 0 Å². The van der Waals surface area contributed by atoms with E-state index in [0.717, 1.165) is 24.3 Å². The summed E-state index contributed by atoms with van der Waals surface area (Å²) in [5.41, 5.74) is -1.14. The monoisotopic (exact) mass is 443 g/mol. The standard InChI is InChI=1S/C22H16F7NO/c23-20-8-7-17(22(27,28)29)10-15(20)12-30-18-5-2-6-19(11-18)31-13-14-3-1-4-16(9-14)21(24,25)26/h1-11,30H,12-13H2. The SMILES string of the molecule is Fc1ccc(C(F)(F)F)cc1CNc1cccc(OCc2cccc(C(F)(F)F)c2)c1. The Morgan fingerprint density at radius 1 is 0.742 bits per heavy atom. The van der Waals surface area contributed by atoms with Crippen LogP contribution in [0, 0.1) is 5.82 Å². The minimum absolute atomic E-state index is 0.115. The number of anilines is 1. The lowest BCUT2D eigenvalue weighted by atomic mass is 10.1. The number of benzene rings is 3. The third-order valence-electron chi connectivity index (χ3n) is 4.35. The van der Waals surface area contributed by atoms with E-state index < -0.39 is 29.3 Å². The first-order chi connectivity index (χ1) is 14.5. The van der Waals surface area contributed by atoms with Crippen LogP contribution in [0.25, 0.3) is 0 Å². The van der Waals surface area contributed by atoms with Gasteiger partial charge in [-0.1, -0.05) is 18.2 Å². The van der Waals surface area contributed by atoms with Gasteiger partial charge in [0.15, 0.2) is 0 Å². The number of alkyl halides is 6. The van der Waals surface area contributed by atoms with Gasteiger partial charge in [-0.3, -0.25) is 0 Å². The van der Waals surface area contributed by atoms with Crippen LogP contribution < -0.4 is 10.1 Å². The minimum Gasteiger partial charge on any atom is -0.489 e. The van der Waals surface area contributed by atoms with Gasteiger partial charge >= 0.3 is 12.4 Å². The Morgan fingerprint density at radius 2 is 1.42 bits per heavy atom. The smallest absolute Gasteiger partial charge is 0.416 e. The Labute approximate surface area is 173 Å². The van der Waals surface area contributed by atoms with Gasteiger partial charge in [0.1, 0.15) is 18.2 Å². The highest BCUT2D eigenvalue weighted by Gasteiger charge is 2.31. The lowest BCUT2D eigenvalue weighted by Gasteiger charge is -2.13. The molecule has 0 heterocycles. The van der Waals surface area contributed by atoms with Crippen molar-refractivity contribution in [2.75, 3.05) is 5.32 Å². The first-order valence-electron chi connectivity index (χ1n) is 9.01. The van der Waals surface area contributed by atoms with Crippen molar-refractivity contribution < 1.29 is 35.5 Å². The fraction of sp³-hybridized carbons (Fsp3) is 0.182. The van der Waals surface area contributed by atoms with E-state index in [9.17, 15) is 30.7 Å². The summed E-state index contributed by atoms with van der Waals surface area (Å²) in [6, 6.07) is 13.2. The van der Waals surface area contributed by atoms with E-state index in [4.69, 9.17) is 4.74 Å². The zero-order chi connectivity index (χ0) is 22.6. The van der Waals surface area contributed by atoms with Gasteiger partial charge in [-0.2, -0.15) is 26.3 Å². The van der Waals surface area contributed by atoms with Gasteiger partial charge in [0.25, 0.3) is 0 Å². The number of rotatable bonds is 6. The number of hydrogen-bond acceptors (Lipinski definition) is 2. The van der Waals surface area contributed by atoms with Gasteiger partial charge in [0.2, 0.25) is 0 Å². The summed E-state index contributed by atoms with van der Waals surface area (Å²) in [7, 11) is 0. The molecule has 3 aromatic carbocycles. The average Bonchev–Trinajstić information content (AvgIpc) is 2.71. The van der Waals surface area contributed by atoms with Crippen molar-refractivity contribution in [2.24, 2.45) is 0 Å². The summed E-state index contributed by atoms with van der Waals surface area (Å²) in [6.07, 6.45) is -9.04. The summed E-state index contributed by atoms with van der Waals surface area (Å²) in [4.78, 5) is 0. The van der Waals surface area contributed by atoms with Crippen LogP contribution in [0.5, 0.6) is 5.75 Å². The van der Waals surface area contributed by atoms with Gasteiger partial charge in [0, 0.05) is 23.9 Å². The van der Waals surface area contributed by atoms with Crippen LogP contribution in [-0.4, -0.2) is 0 Å². The first kappa shape index (κ1) is 22.5. The molecular weight excluding hydrogens is 427 g/mol. The molecule has 0 spiro atoms. The molecule has 0 bridgehead atoms. The lowest BCUT2D eigenvalue weighted by molar-refractivity contribution is -0.138. The second-order valence-electron chi connectivity index (χ2n) is 6.67. The summed E-state index contributed by atoms with van der Waals surface area (Å²) in [5.74, 6) is -0.454. The molecule has 164 valence electrons. The highest BCUT2D eigenvalue weighted by molar-refractivity contribution is 5.49. The Kier molecular flexibility index (Phi) is 6.42. The molecule has 0 aromatic heterocycles. The van der Waals surface area contributed by atoms with Gasteiger partial charge in [-0.15, -0.1) is 0 Å². The van der Waals surface area contributed by atoms with Crippen LogP contribution in [0.3, 0.4) is 0 Å². The van der Waals surface area contributed by atoms with Gasteiger partial charge in [-0.05, 0) is 48.0 Å². The van der Waals surface area contributed by atoms with E-state index >= 15 is 0 Å². The maximum Gasteiger partial charge on any atom is 0.416 e. The zero-order valence-corrected chi connectivity index (χ0v) is 15.8. The summed E-state index contributed by atoms with van der Waals surface area (Å²) in [6.45, 7) is -0.317. The molecule has 1 N–H and O–H groups in total. The van der Waals surface area contributed by atoms with Crippen LogP contribution in [-0.2, 0) is 25.5 Å². The first-order valence-corrected chi connectivity index (χ1v) is 9.01. The number of nitrogens with one attached hydrogen (secondary N) is 1. The van der Waals surface area contributed by atoms with E-state index in [1.54, 1.807) is 18.2 Å². The molecule has 3 aromatic rings. The van der Waals surface area contributed by atoms with Gasteiger partial charge in [0.05, 0.1) is 11.1 Å². The Bertz CT molecular complexity index is 1040. The van der Waals surface area contributed by atoms with Crippen molar-refractivity contribution >= 4 is 5.69 Å². The number of ether oxygens (including phenoxy) is 1. The minimum atomic E-state index is -4.58. The predicted molar refractivity (Wildman–Crippen MR) is 101 cm³/mol. The molecule has 0 aliphatic heterocycles. The van der Waals surface area contributed by atoms with Crippen LogP contribution in [0.2, 0.25) is 0 Å². The molecule has 0 unspecified atom stereocenters. The summed E-state index contributed by atoms with van der Waals surface area (Å²) < 4.78 is 96.2. The lowest BCUT2D eigenvalue weighted by Crippen LogP contribution is -2.08. The van der Waals surface area contributed by atoms with Crippen LogP contribution >= 0.6 is 0 Å². The van der Waals surface area contributed by atoms with E-state index in [0.29, 0.717) is 23.1 Å². The molecule has 9 heteroatoms. The van der Waals surface area contributed by atoms with Gasteiger partial charge in [-0.25, -0.2) is 4.39 Å². The number of halogens is 7. The van der Waals surface area contributed by atoms with E-state index in [2.05, 4.69) is 5.32 Å². The molecular formula is C22H16F7NO. The maximum absolute atomic E-state index is 13.9. The third-order valence-corrected chi connectivity index (χ3v) is 4.35. The number of hydrogen-bond donors (Lipinski definition) is 1. The van der Waals surface area contributed by atoms with Crippen molar-refractivity contribution in [2.45, 2.75) is 25.5 Å². The molecule has 3 rings (SSSR count). The second-order valence-corrected chi connectivity index (χ2v) is 6.67. The average molecular weight is 443 g/mol. The molecule has 31 heavy (non-hydrogen) atoms. The molecule has 0 fully saturated rings. The molecule has 0 saturated heterocycles. The van der Waals surface area contributed by atoms with E-state index in [1.165, 1.54) is 18.2 Å². The molecule has 0 aliphatic carbocycles. The fourth-order valence-corrected chi connectivity index (χ4v) is 2.78. The molecule has 0 atom stereocenters. The fourth-order valence-electron chi connectivity index (χ4n) is 2.78. The van der Waals surface area contributed by atoms with Crippen molar-refractivity contribution in [1.82, 2.24) is 0 Å². The predicted octanol–water partition coefficient (Wildman–Crippen LogP) is 7.05. The molecule has 0 saturated carbocycles. The normalized spacial score (nSPS) is 12.0. The van der Waals surface area contributed by atoms with Crippen molar-refractivity contribution in [3.8, 4) is 5.75 Å². The quantitative estimate of drug-likeness (QED) is 0.412. The topological polar surface area (TPSA) is 21.3 Å². The largest absolute Gasteiger partial charge is 0.489 e. The molecule has 0 aliphatic rings. The summed E-state index contributed by atoms with van der Waals surface area (Å²) in [5, 5.41) is 2.81. The van der Waals surface area contributed by atoms with E-state index in [1.807, 2.05) is 0 Å². The Hall–Kier alpha value is -3.23. The molecule has 0 amide bonds. The van der Waals surface area contributed by atoms with Gasteiger partial charge < -0.3 is 10.1 Å². The zero-order valence-electron chi connectivity index (χ0n) is 15.8. The third kappa shape index (κ3) is 6.13. The van der Waals surface area contributed by atoms with Crippen molar-refractivity contribution in [1.29, 1.82) is 0 Å². The van der Waals surface area contributed by atoms with Crippen LogP contribution in [0.15, 0.2) is 66.7 Å². The Morgan fingerprint density at radius 3 is 2.13 bits per heavy atom. The highest BCUT2D eigenvalue weighted by Crippen LogP contribution is 2.31. The summed E-state index contributed by atoms with van der Waals surface area (Å²) >= 11 is 0. The van der Waals surface area contributed by atoms with Crippen LogP contribution in [0.4, 0.5) is 36.4 Å². The Balaban J connectivity index is 1.65. The second kappa shape index (κ2) is 8.87. The van der Waals surface area contributed by atoms with E-state index in [-0.39, 0.29) is 18.7 Å². The van der Waals surface area contributed by atoms with Crippen molar-refractivity contribution in [3.05, 3.63) is 94.8 Å². The maximum atomic E-state index is 13.9. The molecule has 2 nitrogen and oxygen atoms in total. The van der Waals surface area contributed by atoms with Crippen LogP contribution in [0.1, 0.15) is 22.3 Å².